The van der Waals surface area contributed by atoms with Crippen molar-refractivity contribution in [1.82, 2.24) is 5.32 Å². The molecule has 1 unspecified atom stereocenters. The van der Waals surface area contributed by atoms with Gasteiger partial charge in [0.05, 0.1) is 12.3 Å². The molecule has 0 aliphatic carbocycles. The van der Waals surface area contributed by atoms with E-state index < -0.39 is 0 Å². The second-order valence-corrected chi connectivity index (χ2v) is 3.93. The van der Waals surface area contributed by atoms with Crippen LogP contribution in [0.5, 0.6) is 0 Å². The summed E-state index contributed by atoms with van der Waals surface area (Å²) in [7, 11) is 3.56. The van der Waals surface area contributed by atoms with Gasteiger partial charge >= 0.3 is 0 Å². The summed E-state index contributed by atoms with van der Waals surface area (Å²) < 4.78 is 18.8. The third-order valence-corrected chi connectivity index (χ3v) is 2.79. The van der Waals surface area contributed by atoms with Crippen molar-refractivity contribution in [3.05, 3.63) is 30.1 Å². The third kappa shape index (κ3) is 3.98. The van der Waals surface area contributed by atoms with E-state index in [1.165, 1.54) is 6.07 Å². The van der Waals surface area contributed by atoms with Gasteiger partial charge in [-0.1, -0.05) is 12.1 Å². The fourth-order valence-corrected chi connectivity index (χ4v) is 1.80. The summed E-state index contributed by atoms with van der Waals surface area (Å²) in [5.74, 6) is -0.179. The zero-order valence-corrected chi connectivity index (χ0v) is 10.7. The maximum absolute atomic E-state index is 13.7. The van der Waals surface area contributed by atoms with Gasteiger partial charge in [-0.2, -0.15) is 0 Å². The molecule has 1 N–H and O–H groups in total. The maximum Gasteiger partial charge on any atom is 0.146 e. The van der Waals surface area contributed by atoms with Gasteiger partial charge in [0.2, 0.25) is 0 Å². The van der Waals surface area contributed by atoms with Crippen LogP contribution in [0.1, 0.15) is 6.92 Å². The lowest BCUT2D eigenvalue weighted by Crippen LogP contribution is -2.42. The molecule has 0 aromatic heterocycles. The number of nitrogens with one attached hydrogen (secondary N) is 1. The Labute approximate surface area is 103 Å². The van der Waals surface area contributed by atoms with Gasteiger partial charge in [0.25, 0.3) is 0 Å². The lowest BCUT2D eigenvalue weighted by molar-refractivity contribution is 0.171. The monoisotopic (exact) mass is 240 g/mol. The van der Waals surface area contributed by atoms with E-state index >= 15 is 0 Å². The number of methoxy groups -OCH3 is 1. The lowest BCUT2D eigenvalue weighted by Gasteiger charge is -2.28. The Morgan fingerprint density at radius 2 is 2.12 bits per heavy atom. The van der Waals surface area contributed by atoms with Gasteiger partial charge in [0.1, 0.15) is 5.82 Å². The van der Waals surface area contributed by atoms with Crippen LogP contribution in [0.3, 0.4) is 0 Å². The van der Waals surface area contributed by atoms with Gasteiger partial charge in [-0.3, -0.25) is 0 Å². The van der Waals surface area contributed by atoms with Crippen LogP contribution in [0.15, 0.2) is 24.3 Å². The number of ether oxygens (including phenoxy) is 1. The molecule has 17 heavy (non-hydrogen) atoms. The molecule has 0 aliphatic heterocycles. The molecule has 0 heterocycles. The zero-order valence-electron chi connectivity index (χ0n) is 10.7. The van der Waals surface area contributed by atoms with E-state index in [9.17, 15) is 4.39 Å². The average Bonchev–Trinajstić information content (AvgIpc) is 2.35. The number of likely N-dealkylation sites (N-methyl/N-ethyl adjacent to an activating group) is 2. The molecule has 0 amide bonds. The second-order valence-electron chi connectivity index (χ2n) is 3.93. The van der Waals surface area contributed by atoms with Crippen molar-refractivity contribution in [2.75, 3.05) is 38.8 Å². The molecule has 0 bridgehead atoms. The molecule has 96 valence electrons. The van der Waals surface area contributed by atoms with Crippen LogP contribution in [0.2, 0.25) is 0 Å². The molecule has 3 nitrogen and oxygen atoms in total. The predicted octanol–water partition coefficient (Wildman–Crippen LogP) is 1.89. The minimum atomic E-state index is -0.179. The quantitative estimate of drug-likeness (QED) is 0.787. The highest BCUT2D eigenvalue weighted by atomic mass is 19.1. The molecule has 0 saturated heterocycles. The van der Waals surface area contributed by atoms with Crippen LogP contribution >= 0.6 is 0 Å². The highest BCUT2D eigenvalue weighted by Gasteiger charge is 2.14. The number of halogens is 1. The van der Waals surface area contributed by atoms with E-state index in [1.54, 1.807) is 19.2 Å². The second kappa shape index (κ2) is 7.25. The van der Waals surface area contributed by atoms with Gasteiger partial charge in [-0.25, -0.2) is 4.39 Å². The van der Waals surface area contributed by atoms with Crippen molar-refractivity contribution in [2.45, 2.75) is 13.0 Å². The summed E-state index contributed by atoms with van der Waals surface area (Å²) >= 11 is 0. The van der Waals surface area contributed by atoms with Crippen LogP contribution in [0.25, 0.3) is 0 Å². The summed E-state index contributed by atoms with van der Waals surface area (Å²) in [6.07, 6.45) is 0. The van der Waals surface area contributed by atoms with E-state index in [0.29, 0.717) is 12.3 Å². The van der Waals surface area contributed by atoms with Gasteiger partial charge in [0, 0.05) is 26.2 Å². The zero-order chi connectivity index (χ0) is 12.7. The van der Waals surface area contributed by atoms with Crippen molar-refractivity contribution in [3.63, 3.8) is 0 Å². The van der Waals surface area contributed by atoms with E-state index in [1.807, 2.05) is 24.9 Å². The van der Waals surface area contributed by atoms with Crippen LogP contribution in [-0.4, -0.2) is 39.9 Å². The van der Waals surface area contributed by atoms with Crippen molar-refractivity contribution in [1.29, 1.82) is 0 Å². The molecule has 1 atom stereocenters. The van der Waals surface area contributed by atoms with E-state index in [-0.39, 0.29) is 11.9 Å². The summed E-state index contributed by atoms with van der Waals surface area (Å²) in [4.78, 5) is 2.01. The SMILES string of the molecule is CCN(CC(COC)NC)c1ccccc1F. The highest BCUT2D eigenvalue weighted by molar-refractivity contribution is 5.47. The number of nitrogens with zero attached hydrogens (tertiary/aromatic N) is 1. The Morgan fingerprint density at radius 1 is 1.41 bits per heavy atom. The number of anilines is 1. The smallest absolute Gasteiger partial charge is 0.146 e. The maximum atomic E-state index is 13.7. The molecule has 1 rings (SSSR count). The predicted molar refractivity (Wildman–Crippen MR) is 69.0 cm³/mol. The first-order chi connectivity index (χ1) is 8.22. The van der Waals surface area contributed by atoms with Crippen molar-refractivity contribution in [3.8, 4) is 0 Å². The summed E-state index contributed by atoms with van der Waals surface area (Å²) in [5, 5.41) is 3.17. The first kappa shape index (κ1) is 13.9. The Morgan fingerprint density at radius 3 is 2.65 bits per heavy atom. The highest BCUT2D eigenvalue weighted by Crippen LogP contribution is 2.18. The molecule has 0 saturated carbocycles. The largest absolute Gasteiger partial charge is 0.383 e. The van der Waals surface area contributed by atoms with Gasteiger partial charge < -0.3 is 15.0 Å². The first-order valence-electron chi connectivity index (χ1n) is 5.88. The Bertz CT molecular complexity index is 333. The topological polar surface area (TPSA) is 24.5 Å². The molecular weight excluding hydrogens is 219 g/mol. The minimum Gasteiger partial charge on any atom is -0.383 e. The Balaban J connectivity index is 2.74. The van der Waals surface area contributed by atoms with E-state index in [0.717, 1.165) is 13.1 Å². The van der Waals surface area contributed by atoms with Gasteiger partial charge in [0.15, 0.2) is 0 Å². The van der Waals surface area contributed by atoms with Crippen LogP contribution in [0.4, 0.5) is 10.1 Å². The minimum absolute atomic E-state index is 0.179. The molecule has 0 radical (unpaired) electrons. The number of hydrogen-bond donors (Lipinski definition) is 1. The number of hydrogen-bond acceptors (Lipinski definition) is 3. The van der Waals surface area contributed by atoms with Crippen LogP contribution in [-0.2, 0) is 4.74 Å². The van der Waals surface area contributed by atoms with Gasteiger partial charge in [-0.15, -0.1) is 0 Å². The van der Waals surface area contributed by atoms with Gasteiger partial charge in [-0.05, 0) is 26.1 Å². The third-order valence-electron chi connectivity index (χ3n) is 2.79. The van der Waals surface area contributed by atoms with Crippen molar-refractivity contribution < 1.29 is 9.13 Å². The Hall–Kier alpha value is -1.13. The van der Waals surface area contributed by atoms with Crippen LogP contribution in [0, 0.1) is 5.82 Å². The first-order valence-corrected chi connectivity index (χ1v) is 5.88. The summed E-state index contributed by atoms with van der Waals surface area (Å²) in [6.45, 7) is 4.12. The van der Waals surface area contributed by atoms with Crippen LogP contribution < -0.4 is 10.2 Å². The summed E-state index contributed by atoms with van der Waals surface area (Å²) in [5.41, 5.74) is 0.645. The molecule has 1 aromatic rings. The molecule has 0 fully saturated rings. The molecule has 0 aliphatic rings. The lowest BCUT2D eigenvalue weighted by atomic mass is 10.2. The molecule has 4 heteroatoms. The molecule has 1 aromatic carbocycles. The normalized spacial score (nSPS) is 12.5. The Kier molecular flexibility index (Phi) is 5.94. The van der Waals surface area contributed by atoms with E-state index in [2.05, 4.69) is 5.32 Å². The standard InChI is InChI=1S/C13H21FN2O/c1-4-16(9-11(15-2)10-17-3)13-8-6-5-7-12(13)14/h5-8,11,15H,4,9-10H2,1-3H3. The van der Waals surface area contributed by atoms with E-state index in [4.69, 9.17) is 4.74 Å². The fourth-order valence-electron chi connectivity index (χ4n) is 1.80. The number of benzene rings is 1. The summed E-state index contributed by atoms with van der Waals surface area (Å²) in [6, 6.07) is 7.05. The number of rotatable bonds is 7. The van der Waals surface area contributed by atoms with Crippen molar-refractivity contribution in [2.24, 2.45) is 0 Å². The molecule has 0 spiro atoms. The molecular formula is C13H21FN2O. The van der Waals surface area contributed by atoms with Crippen molar-refractivity contribution >= 4 is 5.69 Å². The number of para-hydroxylation sites is 1. The fraction of sp³-hybridized carbons (Fsp3) is 0.538. The average molecular weight is 240 g/mol.